The number of ether oxygens (including phenoxy) is 1. The first-order chi connectivity index (χ1) is 8.50. The highest BCUT2D eigenvalue weighted by Gasteiger charge is 2.52. The second-order valence-corrected chi connectivity index (χ2v) is 5.68. The van der Waals surface area contributed by atoms with Crippen LogP contribution in [0.4, 0.5) is 0 Å². The Bertz CT molecular complexity index is 462. The van der Waals surface area contributed by atoms with Crippen molar-refractivity contribution in [3.8, 4) is 0 Å². The minimum Gasteiger partial charge on any atom is -0.458 e. The van der Waals surface area contributed by atoms with Crippen molar-refractivity contribution in [1.82, 2.24) is 0 Å². The summed E-state index contributed by atoms with van der Waals surface area (Å²) in [6.07, 6.45) is 1.67. The molecule has 3 rings (SSSR count). The Morgan fingerprint density at radius 1 is 1.17 bits per heavy atom. The normalized spacial score (nSPS) is 43.5. The second-order valence-electron chi connectivity index (χ2n) is 5.68. The molecule has 0 amide bonds. The van der Waals surface area contributed by atoms with Crippen molar-refractivity contribution in [2.75, 3.05) is 0 Å². The monoisotopic (exact) mass is 246 g/mol. The molecule has 0 spiro atoms. The van der Waals surface area contributed by atoms with Crippen molar-refractivity contribution in [1.29, 1.82) is 0 Å². The third-order valence-electron chi connectivity index (χ3n) is 4.73. The van der Waals surface area contributed by atoms with E-state index < -0.39 is 6.10 Å². The Kier molecular flexibility index (Phi) is 2.49. The Balaban J connectivity index is 2.01. The zero-order valence-corrected chi connectivity index (χ0v) is 10.4. The Hall–Kier alpha value is -1.35. The fraction of sp³-hybridized carbons (Fsp3) is 0.533. The van der Waals surface area contributed by atoms with Gasteiger partial charge in [0.05, 0.1) is 12.0 Å². The summed E-state index contributed by atoms with van der Waals surface area (Å²) in [4.78, 5) is 11.6. The molecule has 3 aliphatic rings. The Labute approximate surface area is 107 Å². The zero-order chi connectivity index (χ0) is 13.0. The molecule has 1 heterocycles. The summed E-state index contributed by atoms with van der Waals surface area (Å²) in [5, 5.41) is 10.6. The van der Waals surface area contributed by atoms with Crippen LogP contribution in [0.3, 0.4) is 0 Å². The molecule has 2 saturated carbocycles. The maximum atomic E-state index is 11.6. The number of aliphatic hydroxyl groups excluding tert-OH is 1. The molecule has 3 heteroatoms. The lowest BCUT2D eigenvalue weighted by Crippen LogP contribution is -2.34. The fourth-order valence-electron chi connectivity index (χ4n) is 3.78. The third kappa shape index (κ3) is 1.43. The lowest BCUT2D eigenvalue weighted by atomic mass is 9.80. The molecule has 4 unspecified atom stereocenters. The zero-order valence-electron chi connectivity index (χ0n) is 10.4. The summed E-state index contributed by atoms with van der Waals surface area (Å²) in [7, 11) is 0. The van der Waals surface area contributed by atoms with Crippen LogP contribution in [0.2, 0.25) is 0 Å². The van der Waals surface area contributed by atoms with E-state index in [9.17, 15) is 9.90 Å². The predicted octanol–water partition coefficient (Wildman–Crippen LogP) is 1.99. The van der Waals surface area contributed by atoms with Gasteiger partial charge in [-0.1, -0.05) is 30.9 Å². The van der Waals surface area contributed by atoms with Gasteiger partial charge < -0.3 is 9.84 Å². The van der Waals surface area contributed by atoms with E-state index in [1.54, 1.807) is 0 Å². The number of carbonyl (C=O) groups is 1. The Morgan fingerprint density at radius 3 is 2.61 bits per heavy atom. The van der Waals surface area contributed by atoms with Crippen molar-refractivity contribution < 1.29 is 14.6 Å². The highest BCUT2D eigenvalue weighted by atomic mass is 16.6. The third-order valence-corrected chi connectivity index (χ3v) is 4.73. The van der Waals surface area contributed by atoms with E-state index in [0.29, 0.717) is 12.0 Å². The largest absolute Gasteiger partial charge is 0.458 e. The molecule has 1 N–H and O–H groups in total. The van der Waals surface area contributed by atoms with Gasteiger partial charge in [0.25, 0.3) is 0 Å². The molecule has 0 aromatic rings. The van der Waals surface area contributed by atoms with Crippen molar-refractivity contribution in [2.24, 2.45) is 17.8 Å². The van der Waals surface area contributed by atoms with Crippen LogP contribution >= 0.6 is 0 Å². The first kappa shape index (κ1) is 11.7. The van der Waals surface area contributed by atoms with Gasteiger partial charge in [-0.05, 0) is 18.8 Å². The average molecular weight is 246 g/mol. The lowest BCUT2D eigenvalue weighted by molar-refractivity contribution is -0.139. The van der Waals surface area contributed by atoms with Crippen molar-refractivity contribution in [3.63, 3.8) is 0 Å². The molecule has 5 atom stereocenters. The molecular weight excluding hydrogens is 228 g/mol. The first-order valence-electron chi connectivity index (χ1n) is 6.44. The van der Waals surface area contributed by atoms with Gasteiger partial charge in [0.15, 0.2) is 0 Å². The van der Waals surface area contributed by atoms with Gasteiger partial charge in [0.2, 0.25) is 0 Å². The van der Waals surface area contributed by atoms with Crippen LogP contribution in [0, 0.1) is 17.8 Å². The maximum absolute atomic E-state index is 11.6. The number of esters is 1. The van der Waals surface area contributed by atoms with Crippen LogP contribution in [-0.2, 0) is 9.53 Å². The molecule has 0 aromatic carbocycles. The van der Waals surface area contributed by atoms with Gasteiger partial charge in [-0.25, -0.2) is 4.79 Å². The molecule has 0 bridgehead atoms. The summed E-state index contributed by atoms with van der Waals surface area (Å²) >= 11 is 0. The van der Waals surface area contributed by atoms with E-state index in [0.717, 1.165) is 24.0 Å². The lowest BCUT2D eigenvalue weighted by Gasteiger charge is -2.27. The number of hydrogen-bond donors (Lipinski definition) is 1. The van der Waals surface area contributed by atoms with Crippen molar-refractivity contribution in [2.45, 2.75) is 31.5 Å². The van der Waals surface area contributed by atoms with Crippen LogP contribution in [0.5, 0.6) is 0 Å². The standard InChI is InChI=1S/C15H18O3/c1-7-4-5-10-8(2)6-11-13(14(16)12(7)10)9(3)15(17)18-11/h10-14,16H,1-6H2/t10?,11?,12?,13?,14-/m0/s1. The highest BCUT2D eigenvalue weighted by molar-refractivity contribution is 5.91. The van der Waals surface area contributed by atoms with E-state index in [4.69, 9.17) is 4.74 Å². The molecule has 96 valence electrons. The number of carbonyl (C=O) groups excluding carboxylic acids is 1. The topological polar surface area (TPSA) is 46.5 Å². The van der Waals surface area contributed by atoms with Gasteiger partial charge in [-0.2, -0.15) is 0 Å². The number of aliphatic hydroxyl groups is 1. The summed E-state index contributed by atoms with van der Waals surface area (Å²) in [5.41, 5.74) is 2.55. The summed E-state index contributed by atoms with van der Waals surface area (Å²) < 4.78 is 5.31. The van der Waals surface area contributed by atoms with Crippen LogP contribution in [0.15, 0.2) is 36.5 Å². The molecule has 1 saturated heterocycles. The summed E-state index contributed by atoms with van der Waals surface area (Å²) in [6.45, 7) is 12.0. The van der Waals surface area contributed by atoms with E-state index in [-0.39, 0.29) is 29.8 Å². The van der Waals surface area contributed by atoms with Gasteiger partial charge >= 0.3 is 5.97 Å². The van der Waals surface area contributed by atoms with Crippen LogP contribution in [0.25, 0.3) is 0 Å². The molecule has 18 heavy (non-hydrogen) atoms. The molecule has 0 radical (unpaired) electrons. The maximum Gasteiger partial charge on any atom is 0.334 e. The Morgan fingerprint density at radius 2 is 1.89 bits per heavy atom. The van der Waals surface area contributed by atoms with Crippen LogP contribution in [-0.4, -0.2) is 23.3 Å². The van der Waals surface area contributed by atoms with Crippen LogP contribution in [0.1, 0.15) is 19.3 Å². The molecular formula is C15H18O3. The van der Waals surface area contributed by atoms with Gasteiger partial charge in [-0.15, -0.1) is 0 Å². The highest BCUT2D eigenvalue weighted by Crippen LogP contribution is 2.50. The SMILES string of the molecule is C=C1CC2OC(=O)C(=C)C2[C@@H](O)C2C(=C)CCC12. The second kappa shape index (κ2) is 3.82. The van der Waals surface area contributed by atoms with E-state index in [1.807, 2.05) is 0 Å². The van der Waals surface area contributed by atoms with Gasteiger partial charge in [-0.3, -0.25) is 0 Å². The number of fused-ring (bicyclic) bond motifs is 2. The number of rotatable bonds is 0. The molecule has 0 aromatic heterocycles. The van der Waals surface area contributed by atoms with Crippen molar-refractivity contribution >= 4 is 5.97 Å². The smallest absolute Gasteiger partial charge is 0.334 e. The molecule has 1 aliphatic heterocycles. The quantitative estimate of drug-likeness (QED) is 0.404. The average Bonchev–Trinajstić information content (AvgIpc) is 2.78. The fourth-order valence-corrected chi connectivity index (χ4v) is 3.78. The molecule has 3 fully saturated rings. The summed E-state index contributed by atoms with van der Waals surface area (Å²) in [6, 6.07) is 0. The molecule has 2 aliphatic carbocycles. The van der Waals surface area contributed by atoms with E-state index >= 15 is 0 Å². The first-order valence-corrected chi connectivity index (χ1v) is 6.44. The van der Waals surface area contributed by atoms with E-state index in [1.165, 1.54) is 0 Å². The van der Waals surface area contributed by atoms with Gasteiger partial charge in [0.1, 0.15) is 6.10 Å². The van der Waals surface area contributed by atoms with Crippen LogP contribution < -0.4 is 0 Å². The van der Waals surface area contributed by atoms with Gasteiger partial charge in [0, 0.05) is 17.9 Å². The van der Waals surface area contributed by atoms with Crippen molar-refractivity contribution in [3.05, 3.63) is 36.5 Å². The minimum absolute atomic E-state index is 0.0127. The molecule has 3 nitrogen and oxygen atoms in total. The predicted molar refractivity (Wildman–Crippen MR) is 67.6 cm³/mol. The van der Waals surface area contributed by atoms with E-state index in [2.05, 4.69) is 19.7 Å². The summed E-state index contributed by atoms with van der Waals surface area (Å²) in [5.74, 6) is -0.374. The number of hydrogen-bond acceptors (Lipinski definition) is 3. The minimum atomic E-state index is -0.617.